The molecule has 3 aromatic carbocycles. The second kappa shape index (κ2) is 11.5. The topological polar surface area (TPSA) is 95.5 Å². The Labute approximate surface area is 215 Å². The molecule has 1 amide bonds. The largest absolute Gasteiger partial charge is 0.390 e. The number of sulfone groups is 1. The van der Waals surface area contributed by atoms with Gasteiger partial charge in [0.25, 0.3) is 5.91 Å². The van der Waals surface area contributed by atoms with Crippen LogP contribution in [-0.4, -0.2) is 43.9 Å². The number of aliphatic hydroxyl groups excluding tert-OH is 1. The average Bonchev–Trinajstić information content (AvgIpc) is 3.16. The Morgan fingerprint density at radius 2 is 1.73 bits per heavy atom. The van der Waals surface area contributed by atoms with Gasteiger partial charge in [0.1, 0.15) is 11.6 Å². The molecule has 1 aliphatic rings. The highest BCUT2D eigenvalue weighted by atomic mass is 32.2. The van der Waals surface area contributed by atoms with Gasteiger partial charge in [-0.25, -0.2) is 17.2 Å². The van der Waals surface area contributed by atoms with E-state index in [9.17, 15) is 27.1 Å². The summed E-state index contributed by atoms with van der Waals surface area (Å²) in [7, 11) is -3.32. The molecule has 2 unspecified atom stereocenters. The number of aryl methyl sites for hydroxylation is 2. The van der Waals surface area contributed by atoms with Gasteiger partial charge in [-0.15, -0.1) is 0 Å². The molecule has 0 spiro atoms. The van der Waals surface area contributed by atoms with E-state index in [1.165, 1.54) is 29.8 Å². The number of rotatable bonds is 10. The number of hydrogen-bond donors (Lipinski definition) is 3. The molecule has 4 rings (SSSR count). The van der Waals surface area contributed by atoms with Gasteiger partial charge in [-0.1, -0.05) is 31.2 Å². The minimum atomic E-state index is -3.32. The molecule has 0 saturated carbocycles. The smallest absolute Gasteiger partial charge is 0.251 e. The van der Waals surface area contributed by atoms with Crippen molar-refractivity contribution in [2.24, 2.45) is 0 Å². The van der Waals surface area contributed by atoms with E-state index in [1.54, 1.807) is 6.07 Å². The first-order valence-electron chi connectivity index (χ1n) is 12.2. The summed E-state index contributed by atoms with van der Waals surface area (Å²) in [6, 6.07) is 14.7. The molecule has 9 heteroatoms. The summed E-state index contributed by atoms with van der Waals surface area (Å²) in [5, 5.41) is 16.9. The number of benzene rings is 3. The van der Waals surface area contributed by atoms with Crippen LogP contribution in [0.5, 0.6) is 0 Å². The number of hydrogen-bond acceptors (Lipinski definition) is 5. The van der Waals surface area contributed by atoms with Crippen molar-refractivity contribution in [2.75, 3.05) is 12.3 Å². The molecular formula is C28H30F2N2O4S. The molecule has 0 bridgehead atoms. The van der Waals surface area contributed by atoms with Gasteiger partial charge in [-0.3, -0.25) is 4.79 Å². The Kier molecular flexibility index (Phi) is 8.36. The maximum Gasteiger partial charge on any atom is 0.251 e. The van der Waals surface area contributed by atoms with Crippen molar-refractivity contribution in [3.8, 4) is 0 Å². The van der Waals surface area contributed by atoms with Gasteiger partial charge in [0.05, 0.1) is 22.8 Å². The SMILES string of the molecule is CCc1cccc(CNCC(O)C(Cc2cc(F)cc(F)c2)NC(=O)c2ccc3c(c2)CCS3(=O)=O)c1. The average molecular weight is 529 g/mol. The summed E-state index contributed by atoms with van der Waals surface area (Å²) >= 11 is 0. The summed E-state index contributed by atoms with van der Waals surface area (Å²) in [6.07, 6.45) is 0.160. The van der Waals surface area contributed by atoms with Crippen molar-refractivity contribution in [3.05, 3.63) is 100 Å². The molecule has 1 heterocycles. The number of carbonyl (C=O) groups excluding carboxylic acids is 1. The zero-order valence-corrected chi connectivity index (χ0v) is 21.3. The highest BCUT2D eigenvalue weighted by Gasteiger charge is 2.28. The quantitative estimate of drug-likeness (QED) is 0.375. The first kappa shape index (κ1) is 26.9. The normalized spacial score (nSPS) is 15.7. The number of fused-ring (bicyclic) bond motifs is 1. The van der Waals surface area contributed by atoms with Gasteiger partial charge in [-0.2, -0.15) is 0 Å². The van der Waals surface area contributed by atoms with Crippen LogP contribution in [-0.2, 0) is 35.6 Å². The van der Waals surface area contributed by atoms with E-state index in [-0.39, 0.29) is 34.7 Å². The van der Waals surface area contributed by atoms with Gasteiger partial charge >= 0.3 is 0 Å². The fourth-order valence-electron chi connectivity index (χ4n) is 4.56. The summed E-state index contributed by atoms with van der Waals surface area (Å²) in [5.74, 6) is -2.00. The third-order valence-electron chi connectivity index (χ3n) is 6.54. The molecule has 1 aliphatic heterocycles. The van der Waals surface area contributed by atoms with Crippen LogP contribution in [0.15, 0.2) is 65.6 Å². The molecule has 0 saturated heterocycles. The van der Waals surface area contributed by atoms with Crippen LogP contribution >= 0.6 is 0 Å². The van der Waals surface area contributed by atoms with Crippen molar-refractivity contribution < 1.29 is 27.1 Å². The Bertz CT molecular complexity index is 1370. The molecule has 37 heavy (non-hydrogen) atoms. The van der Waals surface area contributed by atoms with Crippen LogP contribution in [0.25, 0.3) is 0 Å². The van der Waals surface area contributed by atoms with Gasteiger partial charge in [0.15, 0.2) is 9.84 Å². The van der Waals surface area contributed by atoms with Gasteiger partial charge in [0, 0.05) is 24.7 Å². The van der Waals surface area contributed by atoms with E-state index in [2.05, 4.69) is 23.6 Å². The maximum atomic E-state index is 13.8. The second-order valence-electron chi connectivity index (χ2n) is 9.32. The van der Waals surface area contributed by atoms with Gasteiger partial charge < -0.3 is 15.7 Å². The summed E-state index contributed by atoms with van der Waals surface area (Å²) < 4.78 is 51.8. The van der Waals surface area contributed by atoms with Crippen molar-refractivity contribution in [2.45, 2.75) is 49.8 Å². The van der Waals surface area contributed by atoms with E-state index in [4.69, 9.17) is 0 Å². The Morgan fingerprint density at radius 1 is 1.00 bits per heavy atom. The highest BCUT2D eigenvalue weighted by Crippen LogP contribution is 2.26. The predicted molar refractivity (Wildman–Crippen MR) is 137 cm³/mol. The lowest BCUT2D eigenvalue weighted by molar-refractivity contribution is 0.0829. The number of aliphatic hydroxyl groups is 1. The fourth-order valence-corrected chi connectivity index (χ4v) is 6.10. The van der Waals surface area contributed by atoms with Crippen LogP contribution in [0.3, 0.4) is 0 Å². The van der Waals surface area contributed by atoms with Crippen molar-refractivity contribution in [1.82, 2.24) is 10.6 Å². The molecule has 0 aliphatic carbocycles. The van der Waals surface area contributed by atoms with Gasteiger partial charge in [-0.05, 0) is 71.8 Å². The molecule has 0 fully saturated rings. The maximum absolute atomic E-state index is 13.8. The third kappa shape index (κ3) is 6.80. The Hall–Kier alpha value is -3.14. The van der Waals surface area contributed by atoms with Gasteiger partial charge in [0.2, 0.25) is 0 Å². The molecule has 2 atom stereocenters. The van der Waals surface area contributed by atoms with Crippen LogP contribution in [0.4, 0.5) is 8.78 Å². The van der Waals surface area contributed by atoms with Crippen molar-refractivity contribution >= 4 is 15.7 Å². The Morgan fingerprint density at radius 3 is 2.46 bits per heavy atom. The number of carbonyl (C=O) groups is 1. The van der Waals surface area contributed by atoms with E-state index in [1.807, 2.05) is 18.2 Å². The summed E-state index contributed by atoms with van der Waals surface area (Å²) in [6.45, 7) is 2.69. The minimum Gasteiger partial charge on any atom is -0.390 e. The first-order chi connectivity index (χ1) is 17.6. The summed E-state index contributed by atoms with van der Waals surface area (Å²) in [4.78, 5) is 13.3. The third-order valence-corrected chi connectivity index (χ3v) is 8.35. The second-order valence-corrected chi connectivity index (χ2v) is 11.4. The number of nitrogens with one attached hydrogen (secondary N) is 2. The fraction of sp³-hybridized carbons (Fsp3) is 0.321. The van der Waals surface area contributed by atoms with E-state index >= 15 is 0 Å². The molecule has 3 aromatic rings. The monoisotopic (exact) mass is 528 g/mol. The standard InChI is InChI=1S/C28H30F2N2O4S/c1-2-18-4-3-5-19(10-18)16-31-17-26(33)25(13-20-11-23(29)15-24(30)12-20)32-28(34)22-6-7-27-21(14-22)8-9-37(27,35)36/h3-7,10-12,14-15,25-26,31,33H,2,8-9,13,16-17H2,1H3,(H,32,34). The number of amides is 1. The molecular weight excluding hydrogens is 498 g/mol. The van der Waals surface area contributed by atoms with Crippen LogP contribution in [0, 0.1) is 11.6 Å². The Balaban J connectivity index is 1.48. The first-order valence-corrected chi connectivity index (χ1v) is 13.9. The van der Waals surface area contributed by atoms with Crippen LogP contribution in [0.2, 0.25) is 0 Å². The molecule has 0 aromatic heterocycles. The lowest BCUT2D eigenvalue weighted by Crippen LogP contribution is -2.48. The molecule has 3 N–H and O–H groups in total. The minimum absolute atomic E-state index is 0.00605. The van der Waals surface area contributed by atoms with E-state index in [0.29, 0.717) is 18.5 Å². The zero-order valence-electron chi connectivity index (χ0n) is 20.5. The van der Waals surface area contributed by atoms with E-state index in [0.717, 1.165) is 18.1 Å². The van der Waals surface area contributed by atoms with Crippen LogP contribution in [0.1, 0.15) is 39.5 Å². The summed E-state index contributed by atoms with van der Waals surface area (Å²) in [5.41, 5.74) is 3.36. The van der Waals surface area contributed by atoms with E-state index < -0.39 is 39.5 Å². The lowest BCUT2D eigenvalue weighted by Gasteiger charge is -2.25. The zero-order chi connectivity index (χ0) is 26.6. The molecule has 196 valence electrons. The van der Waals surface area contributed by atoms with Crippen molar-refractivity contribution in [3.63, 3.8) is 0 Å². The van der Waals surface area contributed by atoms with Crippen LogP contribution < -0.4 is 10.6 Å². The molecule has 6 nitrogen and oxygen atoms in total. The predicted octanol–water partition coefficient (Wildman–Crippen LogP) is 3.35. The lowest BCUT2D eigenvalue weighted by atomic mass is 9.99. The molecule has 0 radical (unpaired) electrons. The number of halogens is 2. The van der Waals surface area contributed by atoms with Crippen molar-refractivity contribution in [1.29, 1.82) is 0 Å². The highest BCUT2D eigenvalue weighted by molar-refractivity contribution is 7.91.